The van der Waals surface area contributed by atoms with Crippen molar-refractivity contribution in [3.8, 4) is 0 Å². The van der Waals surface area contributed by atoms with Gasteiger partial charge in [0.25, 0.3) is 5.56 Å². The molecule has 0 saturated heterocycles. The first kappa shape index (κ1) is 11.9. The summed E-state index contributed by atoms with van der Waals surface area (Å²) in [5, 5.41) is 3.11. The van der Waals surface area contributed by atoms with Crippen molar-refractivity contribution >= 4 is 23.3 Å². The van der Waals surface area contributed by atoms with E-state index >= 15 is 0 Å². The number of thioether (sulfide) groups is 1. The number of nitrogens with two attached hydrogens (primary N) is 1. The average Bonchev–Trinajstić information content (AvgIpc) is 2.22. The van der Waals surface area contributed by atoms with Crippen LogP contribution in [0.1, 0.15) is 13.8 Å². The van der Waals surface area contributed by atoms with Crippen LogP contribution in [0.5, 0.6) is 0 Å². The van der Waals surface area contributed by atoms with Gasteiger partial charge in [-0.1, -0.05) is 6.92 Å². The number of rotatable bonds is 5. The van der Waals surface area contributed by atoms with Gasteiger partial charge in [0.2, 0.25) is 0 Å². The number of anilines is 2. The van der Waals surface area contributed by atoms with Crippen molar-refractivity contribution < 1.29 is 0 Å². The van der Waals surface area contributed by atoms with Gasteiger partial charge in [0.05, 0.1) is 6.33 Å². The summed E-state index contributed by atoms with van der Waals surface area (Å²) in [4.78, 5) is 17.6. The molecular weight excluding hydrogens is 212 g/mol. The molecule has 0 fully saturated rings. The van der Waals surface area contributed by atoms with E-state index in [1.807, 2.05) is 18.7 Å². The summed E-state index contributed by atoms with van der Waals surface area (Å²) in [6, 6.07) is 0.242. The van der Waals surface area contributed by atoms with Crippen molar-refractivity contribution in [1.29, 1.82) is 0 Å². The quantitative estimate of drug-likeness (QED) is 0.697. The first-order valence-electron chi connectivity index (χ1n) is 4.82. The number of hydrogen-bond donors (Lipinski definition) is 3. The number of aromatic nitrogens is 2. The second-order valence-electron chi connectivity index (χ2n) is 3.20. The molecule has 0 radical (unpaired) electrons. The maximum absolute atomic E-state index is 11.2. The van der Waals surface area contributed by atoms with E-state index in [0.29, 0.717) is 5.82 Å². The number of aromatic amines is 1. The summed E-state index contributed by atoms with van der Waals surface area (Å²) < 4.78 is 0. The van der Waals surface area contributed by atoms with Crippen LogP contribution in [0.2, 0.25) is 0 Å². The summed E-state index contributed by atoms with van der Waals surface area (Å²) in [5.41, 5.74) is 5.43. The third kappa shape index (κ3) is 3.47. The fourth-order valence-corrected chi connectivity index (χ4v) is 1.77. The van der Waals surface area contributed by atoms with Crippen LogP contribution >= 0.6 is 11.8 Å². The van der Waals surface area contributed by atoms with Crippen molar-refractivity contribution in [2.24, 2.45) is 0 Å². The Morgan fingerprint density at radius 2 is 2.47 bits per heavy atom. The van der Waals surface area contributed by atoms with Gasteiger partial charge in [0, 0.05) is 11.8 Å². The number of nitrogens with zero attached hydrogens (tertiary/aromatic N) is 1. The number of nitrogens with one attached hydrogen (secondary N) is 2. The van der Waals surface area contributed by atoms with Gasteiger partial charge in [-0.2, -0.15) is 11.8 Å². The zero-order valence-corrected chi connectivity index (χ0v) is 9.73. The topological polar surface area (TPSA) is 83.8 Å². The van der Waals surface area contributed by atoms with E-state index in [9.17, 15) is 4.79 Å². The highest BCUT2D eigenvalue weighted by Gasteiger charge is 2.07. The van der Waals surface area contributed by atoms with Gasteiger partial charge in [0.15, 0.2) is 5.82 Å². The van der Waals surface area contributed by atoms with Gasteiger partial charge in [-0.25, -0.2) is 4.98 Å². The van der Waals surface area contributed by atoms with Gasteiger partial charge < -0.3 is 16.0 Å². The molecule has 1 rings (SSSR count). The Balaban J connectivity index is 2.64. The lowest BCUT2D eigenvalue weighted by molar-refractivity contribution is 0.898. The molecule has 15 heavy (non-hydrogen) atoms. The minimum absolute atomic E-state index is 0.144. The predicted octanol–water partition coefficient (Wildman–Crippen LogP) is 0.906. The van der Waals surface area contributed by atoms with E-state index in [0.717, 1.165) is 11.5 Å². The first-order chi connectivity index (χ1) is 7.15. The first-order valence-corrected chi connectivity index (χ1v) is 5.98. The maximum Gasteiger partial charge on any atom is 0.276 e. The third-order valence-corrected chi connectivity index (χ3v) is 2.99. The third-order valence-electron chi connectivity index (χ3n) is 1.84. The molecule has 1 atom stereocenters. The molecule has 0 aromatic carbocycles. The van der Waals surface area contributed by atoms with Crippen LogP contribution in [0.4, 0.5) is 11.5 Å². The molecule has 1 aromatic heterocycles. The van der Waals surface area contributed by atoms with Crippen molar-refractivity contribution in [1.82, 2.24) is 9.97 Å². The maximum atomic E-state index is 11.2. The fraction of sp³-hybridized carbons (Fsp3) is 0.556. The highest BCUT2D eigenvalue weighted by Crippen LogP contribution is 2.11. The number of hydrogen-bond acceptors (Lipinski definition) is 5. The molecule has 5 nitrogen and oxygen atoms in total. The van der Waals surface area contributed by atoms with Gasteiger partial charge in [0.1, 0.15) is 5.69 Å². The van der Waals surface area contributed by atoms with E-state index in [-0.39, 0.29) is 17.3 Å². The zero-order chi connectivity index (χ0) is 11.3. The molecule has 0 spiro atoms. The Bertz CT molecular complexity index is 365. The van der Waals surface area contributed by atoms with E-state index in [2.05, 4.69) is 22.2 Å². The normalized spacial score (nSPS) is 12.4. The predicted molar refractivity (Wildman–Crippen MR) is 65.4 cm³/mol. The molecule has 0 bridgehead atoms. The van der Waals surface area contributed by atoms with Crippen molar-refractivity contribution in [3.63, 3.8) is 0 Å². The monoisotopic (exact) mass is 228 g/mol. The molecule has 1 aromatic rings. The minimum atomic E-state index is -0.303. The van der Waals surface area contributed by atoms with Crippen molar-refractivity contribution in [2.45, 2.75) is 19.9 Å². The smallest absolute Gasteiger partial charge is 0.276 e. The van der Waals surface area contributed by atoms with Crippen LogP contribution in [0.25, 0.3) is 0 Å². The summed E-state index contributed by atoms with van der Waals surface area (Å²) in [7, 11) is 0. The van der Waals surface area contributed by atoms with E-state index in [1.165, 1.54) is 6.33 Å². The van der Waals surface area contributed by atoms with E-state index < -0.39 is 0 Å². The average molecular weight is 228 g/mol. The molecule has 6 heteroatoms. The number of nitrogen functional groups attached to an aromatic ring is 1. The zero-order valence-electron chi connectivity index (χ0n) is 8.91. The molecule has 1 unspecified atom stereocenters. The lowest BCUT2D eigenvalue weighted by atomic mass is 10.3. The van der Waals surface area contributed by atoms with Gasteiger partial charge in [-0.15, -0.1) is 0 Å². The largest absolute Gasteiger partial charge is 0.391 e. The van der Waals surface area contributed by atoms with Crippen LogP contribution in [-0.2, 0) is 0 Å². The Morgan fingerprint density at radius 1 is 1.73 bits per heavy atom. The van der Waals surface area contributed by atoms with E-state index in [1.54, 1.807) is 0 Å². The lowest BCUT2D eigenvalue weighted by Crippen LogP contribution is -2.23. The van der Waals surface area contributed by atoms with Crippen LogP contribution in [0.15, 0.2) is 11.1 Å². The van der Waals surface area contributed by atoms with Crippen LogP contribution in [0.3, 0.4) is 0 Å². The lowest BCUT2D eigenvalue weighted by Gasteiger charge is -2.14. The Hall–Kier alpha value is -1.17. The van der Waals surface area contributed by atoms with Crippen LogP contribution < -0.4 is 16.6 Å². The van der Waals surface area contributed by atoms with Crippen LogP contribution in [-0.4, -0.2) is 27.5 Å². The van der Waals surface area contributed by atoms with Crippen molar-refractivity contribution in [2.75, 3.05) is 22.6 Å². The molecule has 84 valence electrons. The second-order valence-corrected chi connectivity index (χ2v) is 4.52. The molecular formula is C9H16N4OS. The number of H-pyrrole nitrogens is 1. The Morgan fingerprint density at radius 3 is 3.13 bits per heavy atom. The molecule has 0 aliphatic heterocycles. The highest BCUT2D eigenvalue weighted by molar-refractivity contribution is 7.99. The summed E-state index contributed by atoms with van der Waals surface area (Å²) in [6.07, 6.45) is 1.35. The van der Waals surface area contributed by atoms with E-state index in [4.69, 9.17) is 5.73 Å². The summed E-state index contributed by atoms with van der Waals surface area (Å²) >= 11 is 1.83. The standard InChI is InChI=1S/C9H16N4OS/c1-3-15-4-6(2)13-8-7(10)9(14)12-5-11-8/h5-6H,3-4,10H2,1-2H3,(H2,11,12,13,14). The fourth-order valence-electron chi connectivity index (χ4n) is 1.09. The molecule has 0 saturated carbocycles. The molecule has 0 amide bonds. The SMILES string of the molecule is CCSCC(C)Nc1nc[nH]c(=O)c1N. The van der Waals surface area contributed by atoms with Gasteiger partial charge >= 0.3 is 0 Å². The highest BCUT2D eigenvalue weighted by atomic mass is 32.2. The van der Waals surface area contributed by atoms with Crippen LogP contribution in [0, 0.1) is 0 Å². The molecule has 4 N–H and O–H groups in total. The van der Waals surface area contributed by atoms with Crippen molar-refractivity contribution in [3.05, 3.63) is 16.7 Å². The Labute approximate surface area is 92.9 Å². The molecule has 0 aliphatic rings. The van der Waals surface area contributed by atoms with Gasteiger partial charge in [-0.3, -0.25) is 4.79 Å². The second kappa shape index (κ2) is 5.65. The summed E-state index contributed by atoms with van der Waals surface area (Å²) in [6.45, 7) is 4.14. The molecule has 1 heterocycles. The molecule has 0 aliphatic carbocycles. The summed E-state index contributed by atoms with van der Waals surface area (Å²) in [5.74, 6) is 2.50. The van der Waals surface area contributed by atoms with Gasteiger partial charge in [-0.05, 0) is 12.7 Å². The Kier molecular flexibility index (Phi) is 4.48. The minimum Gasteiger partial charge on any atom is -0.391 e.